The van der Waals surface area contributed by atoms with Crippen LogP contribution in [0.3, 0.4) is 0 Å². The quantitative estimate of drug-likeness (QED) is 0.541. The number of aromatic nitrogens is 5. The number of halogens is 1. The fraction of sp³-hybridized carbons (Fsp3) is 0.348. The average molecular weight is 514 g/mol. The topological polar surface area (TPSA) is 146 Å². The molecule has 0 bridgehead atoms. The molecule has 1 aliphatic heterocycles. The number of piperidine rings is 1. The van der Waals surface area contributed by atoms with E-state index < -0.39 is 20.9 Å². The molecule has 36 heavy (non-hydrogen) atoms. The Balaban J connectivity index is 1.29. The molecule has 0 radical (unpaired) electrons. The number of carbonyl (C=O) groups excluding carboxylic acids is 1. The predicted molar refractivity (Wildman–Crippen MR) is 130 cm³/mol. The van der Waals surface area contributed by atoms with Gasteiger partial charge in [0.05, 0.1) is 29.0 Å². The van der Waals surface area contributed by atoms with Gasteiger partial charge in [-0.15, -0.1) is 0 Å². The van der Waals surface area contributed by atoms with Gasteiger partial charge in [-0.25, -0.2) is 32.4 Å². The van der Waals surface area contributed by atoms with Crippen molar-refractivity contribution in [1.82, 2.24) is 29.6 Å². The number of allylic oxidation sites excluding steroid dienone is 3. The first-order valence-electron chi connectivity index (χ1n) is 11.3. The summed E-state index contributed by atoms with van der Waals surface area (Å²) in [5, 5.41) is 3.84. The number of anilines is 1. The molecule has 1 fully saturated rings. The number of sulfone groups is 1. The number of pyridine rings is 1. The Bertz CT molecular complexity index is 1480. The molecule has 2 aliphatic rings. The third-order valence-electron chi connectivity index (χ3n) is 6.25. The third kappa shape index (κ3) is 4.65. The highest BCUT2D eigenvalue weighted by molar-refractivity contribution is 7.91. The molecular weight excluding hydrogens is 489 g/mol. The maximum absolute atomic E-state index is 14.8. The highest BCUT2D eigenvalue weighted by Gasteiger charge is 2.28. The number of rotatable bonds is 5. The van der Waals surface area contributed by atoms with E-state index in [1.165, 1.54) is 35.6 Å². The Hall–Kier alpha value is -3.87. The minimum atomic E-state index is -3.41. The molecular formula is C23H24FN7O4S. The van der Waals surface area contributed by atoms with Crippen molar-refractivity contribution in [2.45, 2.75) is 30.6 Å². The molecule has 1 saturated heterocycles. The fourth-order valence-corrected chi connectivity index (χ4v) is 5.05. The molecule has 2 N–H and O–H groups in total. The zero-order valence-electron chi connectivity index (χ0n) is 19.4. The second-order valence-corrected chi connectivity index (χ2v) is 11.0. The number of carbonyl (C=O) groups is 1. The normalized spacial score (nSPS) is 19.2. The number of fused-ring (bicyclic) bond motifs is 1. The zero-order valence-corrected chi connectivity index (χ0v) is 20.2. The fourth-order valence-electron chi connectivity index (χ4n) is 4.24. The second-order valence-electron chi connectivity index (χ2n) is 8.78. The van der Waals surface area contributed by atoms with Gasteiger partial charge in [-0.3, -0.25) is 4.79 Å². The Morgan fingerprint density at radius 1 is 1.17 bits per heavy atom. The van der Waals surface area contributed by atoms with E-state index in [9.17, 15) is 17.6 Å². The Morgan fingerprint density at radius 3 is 2.61 bits per heavy atom. The maximum atomic E-state index is 14.8. The summed E-state index contributed by atoms with van der Waals surface area (Å²) < 4.78 is 45.8. The average Bonchev–Trinajstić information content (AvgIpc) is 3.29. The van der Waals surface area contributed by atoms with Gasteiger partial charge in [0.2, 0.25) is 5.88 Å². The number of hydrogen-bond acceptors (Lipinski definition) is 9. The Labute approximate surface area is 206 Å². The lowest BCUT2D eigenvalue weighted by Gasteiger charge is -2.31. The Kier molecular flexibility index (Phi) is 6.16. The van der Waals surface area contributed by atoms with Crippen LogP contribution in [0.15, 0.2) is 48.8 Å². The van der Waals surface area contributed by atoms with Gasteiger partial charge in [-0.1, -0.05) is 6.08 Å². The molecule has 0 saturated carbocycles. The largest absolute Gasteiger partial charge is 0.474 e. The Morgan fingerprint density at radius 2 is 1.94 bits per heavy atom. The molecule has 0 spiro atoms. The monoisotopic (exact) mass is 513 g/mol. The number of likely N-dealkylation sites (tertiary alicyclic amines) is 1. The minimum absolute atomic E-state index is 0.123. The number of hydrogen-bond donors (Lipinski definition) is 1. The maximum Gasteiger partial charge on any atom is 0.272 e. The molecule has 1 amide bonds. The van der Waals surface area contributed by atoms with Crippen molar-refractivity contribution in [2.24, 2.45) is 0 Å². The molecule has 1 aliphatic carbocycles. The summed E-state index contributed by atoms with van der Waals surface area (Å²) in [7, 11) is -3.41. The molecule has 0 aromatic carbocycles. The van der Waals surface area contributed by atoms with Gasteiger partial charge in [0.15, 0.2) is 15.5 Å². The molecule has 4 heterocycles. The van der Waals surface area contributed by atoms with Crippen molar-refractivity contribution in [1.29, 1.82) is 0 Å². The molecule has 188 valence electrons. The van der Waals surface area contributed by atoms with Crippen LogP contribution in [0.5, 0.6) is 5.88 Å². The highest BCUT2D eigenvalue weighted by atomic mass is 32.2. The van der Waals surface area contributed by atoms with Crippen molar-refractivity contribution >= 4 is 38.2 Å². The van der Waals surface area contributed by atoms with Gasteiger partial charge in [-0.05, 0) is 18.2 Å². The van der Waals surface area contributed by atoms with Crippen molar-refractivity contribution < 1.29 is 22.3 Å². The van der Waals surface area contributed by atoms with Crippen LogP contribution in [0.25, 0.3) is 16.7 Å². The van der Waals surface area contributed by atoms with E-state index in [1.54, 1.807) is 17.0 Å². The van der Waals surface area contributed by atoms with E-state index in [0.717, 1.165) is 6.26 Å². The van der Waals surface area contributed by atoms with Crippen LogP contribution < -0.4 is 10.5 Å². The lowest BCUT2D eigenvalue weighted by Crippen LogP contribution is -2.42. The van der Waals surface area contributed by atoms with E-state index in [4.69, 9.17) is 10.5 Å². The number of amides is 1. The molecule has 1 atom stereocenters. The molecule has 13 heteroatoms. The van der Waals surface area contributed by atoms with Gasteiger partial charge in [0, 0.05) is 38.6 Å². The summed E-state index contributed by atoms with van der Waals surface area (Å²) in [6, 6.07) is 3.25. The molecule has 3 aromatic rings. The summed E-state index contributed by atoms with van der Waals surface area (Å²) in [6.45, 7) is 0.987. The number of nitrogens with zero attached hydrogens (tertiary/aromatic N) is 6. The van der Waals surface area contributed by atoms with Crippen LogP contribution in [0.4, 0.5) is 10.1 Å². The third-order valence-corrected chi connectivity index (χ3v) is 7.67. The molecule has 3 aromatic heterocycles. The van der Waals surface area contributed by atoms with Gasteiger partial charge < -0.3 is 15.4 Å². The smallest absolute Gasteiger partial charge is 0.272 e. The number of nitrogens with two attached hydrogens (primary N) is 1. The van der Waals surface area contributed by atoms with Gasteiger partial charge in [-0.2, -0.15) is 5.10 Å². The first kappa shape index (κ1) is 23.9. The van der Waals surface area contributed by atoms with Crippen LogP contribution in [0, 0.1) is 0 Å². The van der Waals surface area contributed by atoms with Gasteiger partial charge in [0.25, 0.3) is 5.91 Å². The van der Waals surface area contributed by atoms with Crippen LogP contribution >= 0.6 is 0 Å². The van der Waals surface area contributed by atoms with Crippen molar-refractivity contribution in [3.8, 4) is 5.88 Å². The van der Waals surface area contributed by atoms with E-state index in [-0.39, 0.29) is 24.1 Å². The molecule has 5 rings (SSSR count). The van der Waals surface area contributed by atoms with Crippen molar-refractivity contribution in [2.75, 3.05) is 25.1 Å². The lowest BCUT2D eigenvalue weighted by atomic mass is 10.1. The molecule has 1 unspecified atom stereocenters. The highest BCUT2D eigenvalue weighted by Crippen LogP contribution is 2.31. The predicted octanol–water partition coefficient (Wildman–Crippen LogP) is 2.00. The second kappa shape index (κ2) is 9.30. The van der Waals surface area contributed by atoms with Crippen LogP contribution in [-0.2, 0) is 9.84 Å². The molecule has 11 nitrogen and oxygen atoms in total. The summed E-state index contributed by atoms with van der Waals surface area (Å²) >= 11 is 0. The first-order chi connectivity index (χ1) is 17.2. The van der Waals surface area contributed by atoms with Gasteiger partial charge >= 0.3 is 0 Å². The van der Waals surface area contributed by atoms with Crippen molar-refractivity contribution in [3.63, 3.8) is 0 Å². The van der Waals surface area contributed by atoms with Crippen LogP contribution in [0.1, 0.15) is 29.8 Å². The number of ether oxygens (including phenoxy) is 1. The summed E-state index contributed by atoms with van der Waals surface area (Å²) in [5.41, 5.74) is 6.94. The summed E-state index contributed by atoms with van der Waals surface area (Å²) in [6.07, 6.45) is 8.94. The van der Waals surface area contributed by atoms with Crippen LogP contribution in [0.2, 0.25) is 0 Å². The zero-order chi connectivity index (χ0) is 25.4. The van der Waals surface area contributed by atoms with E-state index in [1.807, 2.05) is 0 Å². The van der Waals surface area contributed by atoms with Crippen molar-refractivity contribution in [3.05, 3.63) is 54.5 Å². The lowest BCUT2D eigenvalue weighted by molar-refractivity contribution is 0.0585. The minimum Gasteiger partial charge on any atom is -0.474 e. The first-order valence-corrected chi connectivity index (χ1v) is 13.3. The number of nitrogen functional groups attached to an aromatic ring is 1. The van der Waals surface area contributed by atoms with E-state index in [0.29, 0.717) is 54.2 Å². The van der Waals surface area contributed by atoms with Gasteiger partial charge in [0.1, 0.15) is 29.3 Å². The van der Waals surface area contributed by atoms with E-state index >= 15 is 0 Å². The van der Waals surface area contributed by atoms with Crippen LogP contribution in [-0.4, -0.2) is 74.7 Å². The summed E-state index contributed by atoms with van der Waals surface area (Å²) in [4.78, 5) is 27.0. The van der Waals surface area contributed by atoms with E-state index in [2.05, 4.69) is 20.1 Å². The SMILES string of the molecule is CS(=O)(=O)C1C=CC(n2ncc3c(OC4CCN(C(=O)c5ccc(N)cn5)CC4)ncnc32)=C(F)C1. The summed E-state index contributed by atoms with van der Waals surface area (Å²) in [5.74, 6) is -0.439. The standard InChI is InChI=1S/C23H24FN7O4S/c1-36(33,34)16-3-5-20(18(24)10-16)31-21-17(12-29-31)22(28-13-27-21)35-15-6-8-30(9-7-15)23(32)19-4-2-14(25)11-26-19/h2-5,11-13,15-16H,6-10,25H2,1H3.